The first-order valence-corrected chi connectivity index (χ1v) is 13.5. The second-order valence-electron chi connectivity index (χ2n) is 10.2. The summed E-state index contributed by atoms with van der Waals surface area (Å²) in [6, 6.07) is 45.1. The van der Waals surface area contributed by atoms with Crippen LogP contribution in [0.1, 0.15) is 47.9 Å². The Morgan fingerprint density at radius 3 is 0.889 bits per heavy atom. The largest absolute Gasteiger partial charge is 0.290 e. The summed E-state index contributed by atoms with van der Waals surface area (Å²) in [7, 11) is 0. The van der Waals surface area contributed by atoms with Crippen molar-refractivity contribution in [3.63, 3.8) is 0 Å². The SMILES string of the molecule is c1ccc(CN(Cc2ccccc2)C2CCCCC2N(Cc2ccccc2)Cc2ccccc2)cc1. The molecule has 4 aromatic rings. The average molecular weight is 475 g/mol. The van der Waals surface area contributed by atoms with Crippen molar-refractivity contribution in [2.45, 2.75) is 63.9 Å². The van der Waals surface area contributed by atoms with Gasteiger partial charge in [0.15, 0.2) is 0 Å². The van der Waals surface area contributed by atoms with Gasteiger partial charge in [0.25, 0.3) is 0 Å². The van der Waals surface area contributed by atoms with Crippen LogP contribution in [0.25, 0.3) is 0 Å². The first-order chi connectivity index (χ1) is 17.8. The van der Waals surface area contributed by atoms with Crippen LogP contribution in [-0.2, 0) is 26.2 Å². The molecule has 184 valence electrons. The normalized spacial score (nSPS) is 17.9. The zero-order valence-electron chi connectivity index (χ0n) is 21.3. The first kappa shape index (κ1) is 24.5. The van der Waals surface area contributed by atoms with Gasteiger partial charge in [-0.1, -0.05) is 134 Å². The van der Waals surface area contributed by atoms with Gasteiger partial charge in [0, 0.05) is 38.3 Å². The second kappa shape index (κ2) is 12.7. The molecule has 0 saturated heterocycles. The van der Waals surface area contributed by atoms with E-state index in [1.165, 1.54) is 47.9 Å². The van der Waals surface area contributed by atoms with Gasteiger partial charge in [-0.25, -0.2) is 0 Å². The van der Waals surface area contributed by atoms with Gasteiger partial charge in [-0.2, -0.15) is 0 Å². The molecule has 0 amide bonds. The van der Waals surface area contributed by atoms with E-state index in [1.807, 2.05) is 0 Å². The van der Waals surface area contributed by atoms with Gasteiger partial charge in [0.2, 0.25) is 0 Å². The van der Waals surface area contributed by atoms with Crippen LogP contribution in [0.3, 0.4) is 0 Å². The lowest BCUT2D eigenvalue weighted by molar-refractivity contribution is 0.0296. The van der Waals surface area contributed by atoms with Crippen LogP contribution in [0, 0.1) is 0 Å². The lowest BCUT2D eigenvalue weighted by Gasteiger charge is -2.45. The van der Waals surface area contributed by atoms with Crippen LogP contribution in [0.4, 0.5) is 0 Å². The van der Waals surface area contributed by atoms with Crippen molar-refractivity contribution in [2.75, 3.05) is 0 Å². The highest BCUT2D eigenvalue weighted by Crippen LogP contribution is 2.31. The quantitative estimate of drug-likeness (QED) is 0.232. The number of benzene rings is 4. The van der Waals surface area contributed by atoms with E-state index in [-0.39, 0.29) is 0 Å². The van der Waals surface area contributed by atoms with Crippen molar-refractivity contribution in [3.8, 4) is 0 Å². The highest BCUT2D eigenvalue weighted by atomic mass is 15.2. The minimum Gasteiger partial charge on any atom is -0.290 e. The van der Waals surface area contributed by atoms with Gasteiger partial charge >= 0.3 is 0 Å². The standard InChI is InChI=1S/C34H38N2/c1-5-15-29(16-6-1)25-35(26-30-17-7-2-8-18-30)33-23-13-14-24-34(33)36(27-31-19-9-3-10-20-31)28-32-21-11-4-12-22-32/h1-12,15-22,33-34H,13-14,23-28H2. The topological polar surface area (TPSA) is 6.48 Å². The lowest BCUT2D eigenvalue weighted by Crippen LogP contribution is -2.52. The highest BCUT2D eigenvalue weighted by molar-refractivity contribution is 5.20. The summed E-state index contributed by atoms with van der Waals surface area (Å²) in [5.41, 5.74) is 5.59. The van der Waals surface area contributed by atoms with Crippen LogP contribution in [0.5, 0.6) is 0 Å². The lowest BCUT2D eigenvalue weighted by atomic mass is 9.86. The van der Waals surface area contributed by atoms with Crippen LogP contribution in [-0.4, -0.2) is 21.9 Å². The van der Waals surface area contributed by atoms with E-state index in [0.717, 1.165) is 26.2 Å². The molecule has 0 bridgehead atoms. The fourth-order valence-corrected chi connectivity index (χ4v) is 5.80. The first-order valence-electron chi connectivity index (χ1n) is 13.5. The Kier molecular flexibility index (Phi) is 8.62. The van der Waals surface area contributed by atoms with E-state index < -0.39 is 0 Å². The maximum Gasteiger partial charge on any atom is 0.0258 e. The van der Waals surface area contributed by atoms with Gasteiger partial charge in [0.1, 0.15) is 0 Å². The molecule has 0 N–H and O–H groups in total. The van der Waals surface area contributed by atoms with Crippen LogP contribution in [0.2, 0.25) is 0 Å². The molecule has 0 radical (unpaired) electrons. The Bertz CT molecular complexity index is 967. The summed E-state index contributed by atoms with van der Waals surface area (Å²) in [6.07, 6.45) is 5.13. The third kappa shape index (κ3) is 6.72. The van der Waals surface area contributed by atoms with Gasteiger partial charge in [-0.05, 0) is 35.1 Å². The van der Waals surface area contributed by atoms with Gasteiger partial charge in [-0.3, -0.25) is 9.80 Å². The van der Waals surface area contributed by atoms with E-state index in [4.69, 9.17) is 0 Å². The van der Waals surface area contributed by atoms with Crippen LogP contribution < -0.4 is 0 Å². The fraction of sp³-hybridized carbons (Fsp3) is 0.294. The van der Waals surface area contributed by atoms with Crippen LogP contribution >= 0.6 is 0 Å². The summed E-state index contributed by atoms with van der Waals surface area (Å²) in [5, 5.41) is 0. The van der Waals surface area contributed by atoms with Crippen molar-refractivity contribution in [1.29, 1.82) is 0 Å². The molecular formula is C34H38N2. The molecule has 36 heavy (non-hydrogen) atoms. The van der Waals surface area contributed by atoms with Gasteiger partial charge < -0.3 is 0 Å². The molecule has 4 aromatic carbocycles. The predicted octanol–water partition coefficient (Wildman–Crippen LogP) is 7.70. The Hall–Kier alpha value is -3.20. The maximum atomic E-state index is 2.76. The zero-order valence-corrected chi connectivity index (χ0v) is 21.3. The third-order valence-corrected chi connectivity index (χ3v) is 7.55. The molecule has 1 fully saturated rings. The number of hydrogen-bond acceptors (Lipinski definition) is 2. The van der Waals surface area contributed by atoms with Gasteiger partial charge in [0.05, 0.1) is 0 Å². The molecule has 0 aliphatic heterocycles. The minimum atomic E-state index is 0.520. The predicted molar refractivity (Wildman–Crippen MR) is 150 cm³/mol. The minimum absolute atomic E-state index is 0.520. The molecule has 0 heterocycles. The van der Waals surface area contributed by atoms with Crippen molar-refractivity contribution in [2.24, 2.45) is 0 Å². The number of nitrogens with zero attached hydrogens (tertiary/aromatic N) is 2. The molecule has 0 aromatic heterocycles. The summed E-state index contributed by atoms with van der Waals surface area (Å²) >= 11 is 0. The molecule has 2 atom stereocenters. The Morgan fingerprint density at radius 2 is 0.639 bits per heavy atom. The summed E-state index contributed by atoms with van der Waals surface area (Å²) < 4.78 is 0. The van der Waals surface area contributed by atoms with Crippen molar-refractivity contribution in [3.05, 3.63) is 144 Å². The maximum absolute atomic E-state index is 2.76. The van der Waals surface area contributed by atoms with Crippen molar-refractivity contribution < 1.29 is 0 Å². The fourth-order valence-electron chi connectivity index (χ4n) is 5.80. The molecule has 2 heteroatoms. The Balaban J connectivity index is 1.45. The molecule has 2 nitrogen and oxygen atoms in total. The molecule has 0 spiro atoms. The van der Waals surface area contributed by atoms with Crippen molar-refractivity contribution in [1.82, 2.24) is 9.80 Å². The van der Waals surface area contributed by atoms with E-state index in [1.54, 1.807) is 0 Å². The smallest absolute Gasteiger partial charge is 0.0258 e. The van der Waals surface area contributed by atoms with E-state index >= 15 is 0 Å². The molecular weight excluding hydrogens is 436 g/mol. The molecule has 5 rings (SSSR count). The van der Waals surface area contributed by atoms with E-state index in [9.17, 15) is 0 Å². The van der Waals surface area contributed by atoms with E-state index in [2.05, 4.69) is 131 Å². The van der Waals surface area contributed by atoms with E-state index in [0.29, 0.717) is 12.1 Å². The van der Waals surface area contributed by atoms with Crippen LogP contribution in [0.15, 0.2) is 121 Å². The second-order valence-corrected chi connectivity index (χ2v) is 10.2. The highest BCUT2D eigenvalue weighted by Gasteiger charge is 2.34. The Morgan fingerprint density at radius 1 is 0.389 bits per heavy atom. The van der Waals surface area contributed by atoms with Gasteiger partial charge in [-0.15, -0.1) is 0 Å². The summed E-state index contributed by atoms with van der Waals surface area (Å²) in [4.78, 5) is 5.52. The monoisotopic (exact) mass is 474 g/mol. The zero-order chi connectivity index (χ0) is 24.4. The summed E-state index contributed by atoms with van der Waals surface area (Å²) in [6.45, 7) is 3.95. The number of hydrogen-bond donors (Lipinski definition) is 0. The number of rotatable bonds is 10. The molecule has 1 saturated carbocycles. The van der Waals surface area contributed by atoms with Crippen molar-refractivity contribution >= 4 is 0 Å². The molecule has 1 aliphatic rings. The molecule has 1 aliphatic carbocycles. The summed E-state index contributed by atoms with van der Waals surface area (Å²) in [5.74, 6) is 0. The third-order valence-electron chi connectivity index (χ3n) is 7.55. The Labute approximate surface area is 217 Å². The molecule has 2 unspecified atom stereocenters. The average Bonchev–Trinajstić information content (AvgIpc) is 2.95.